The molecule has 0 unspecified atom stereocenters. The molecule has 1 heterocycles. The number of aromatic nitrogens is 1. The molecule has 0 saturated heterocycles. The zero-order valence-electron chi connectivity index (χ0n) is 8.27. The van der Waals surface area contributed by atoms with Gasteiger partial charge in [-0.3, -0.25) is 0 Å². The van der Waals surface area contributed by atoms with Gasteiger partial charge in [0.05, 0.1) is 13.2 Å². The van der Waals surface area contributed by atoms with Crippen LogP contribution in [0.4, 0.5) is 0 Å². The first kappa shape index (κ1) is 10.9. The van der Waals surface area contributed by atoms with Crippen LogP contribution >= 0.6 is 0 Å². The van der Waals surface area contributed by atoms with E-state index in [1.165, 1.54) is 0 Å². The normalized spacial score (nSPS) is 10.1. The number of ether oxygens (including phenoxy) is 2. The maximum atomic E-state index is 8.77. The SMILES string of the molecule is CCOCCOc1ccc(CO)cn1. The summed E-state index contributed by atoms with van der Waals surface area (Å²) < 4.78 is 10.4. The predicted molar refractivity (Wildman–Crippen MR) is 52.1 cm³/mol. The molecule has 1 aromatic rings. The van der Waals surface area contributed by atoms with Crippen molar-refractivity contribution in [1.29, 1.82) is 0 Å². The molecule has 0 spiro atoms. The molecule has 0 aliphatic carbocycles. The van der Waals surface area contributed by atoms with E-state index in [0.29, 0.717) is 25.7 Å². The van der Waals surface area contributed by atoms with Crippen molar-refractivity contribution < 1.29 is 14.6 Å². The highest BCUT2D eigenvalue weighted by atomic mass is 16.5. The average Bonchev–Trinajstić information content (AvgIpc) is 2.25. The quantitative estimate of drug-likeness (QED) is 0.691. The smallest absolute Gasteiger partial charge is 0.213 e. The van der Waals surface area contributed by atoms with Crippen LogP contribution in [0.1, 0.15) is 12.5 Å². The van der Waals surface area contributed by atoms with Gasteiger partial charge in [0.2, 0.25) is 5.88 Å². The van der Waals surface area contributed by atoms with Gasteiger partial charge in [0.25, 0.3) is 0 Å². The lowest BCUT2D eigenvalue weighted by atomic mass is 10.3. The largest absolute Gasteiger partial charge is 0.475 e. The fourth-order valence-electron chi connectivity index (χ4n) is 0.939. The molecule has 0 saturated carbocycles. The number of aliphatic hydroxyl groups is 1. The van der Waals surface area contributed by atoms with E-state index < -0.39 is 0 Å². The monoisotopic (exact) mass is 197 g/mol. The van der Waals surface area contributed by atoms with Crippen LogP contribution in [0, 0.1) is 0 Å². The van der Waals surface area contributed by atoms with Crippen molar-refractivity contribution in [3.63, 3.8) is 0 Å². The zero-order chi connectivity index (χ0) is 10.2. The fraction of sp³-hybridized carbons (Fsp3) is 0.500. The third-order valence-corrected chi connectivity index (χ3v) is 1.66. The van der Waals surface area contributed by atoms with E-state index in [1.54, 1.807) is 18.3 Å². The molecular formula is C10H15NO3. The Labute approximate surface area is 83.5 Å². The summed E-state index contributed by atoms with van der Waals surface area (Å²) in [7, 11) is 0. The average molecular weight is 197 g/mol. The van der Waals surface area contributed by atoms with E-state index in [0.717, 1.165) is 5.56 Å². The van der Waals surface area contributed by atoms with E-state index in [2.05, 4.69) is 4.98 Å². The van der Waals surface area contributed by atoms with Crippen LogP contribution in [0.25, 0.3) is 0 Å². The molecule has 0 atom stereocenters. The first-order valence-corrected chi connectivity index (χ1v) is 4.63. The highest BCUT2D eigenvalue weighted by Gasteiger charge is 1.95. The van der Waals surface area contributed by atoms with Crippen LogP contribution in [0.3, 0.4) is 0 Å². The molecule has 1 N–H and O–H groups in total. The minimum absolute atomic E-state index is 0.00618. The van der Waals surface area contributed by atoms with E-state index >= 15 is 0 Å². The fourth-order valence-corrected chi connectivity index (χ4v) is 0.939. The lowest BCUT2D eigenvalue weighted by Crippen LogP contribution is -2.07. The summed E-state index contributed by atoms with van der Waals surface area (Å²) >= 11 is 0. The van der Waals surface area contributed by atoms with Gasteiger partial charge in [0.1, 0.15) is 6.61 Å². The summed E-state index contributed by atoms with van der Waals surface area (Å²) in [6, 6.07) is 3.51. The number of hydrogen-bond acceptors (Lipinski definition) is 4. The summed E-state index contributed by atoms with van der Waals surface area (Å²) in [4.78, 5) is 4.01. The molecule has 14 heavy (non-hydrogen) atoms. The van der Waals surface area contributed by atoms with Crippen LogP contribution in [0.5, 0.6) is 5.88 Å². The van der Waals surface area contributed by atoms with Crippen LogP contribution < -0.4 is 4.74 Å². The van der Waals surface area contributed by atoms with Gasteiger partial charge in [-0.1, -0.05) is 0 Å². The Kier molecular flexibility index (Phi) is 4.96. The third-order valence-electron chi connectivity index (χ3n) is 1.66. The van der Waals surface area contributed by atoms with Crippen molar-refractivity contribution in [2.45, 2.75) is 13.5 Å². The van der Waals surface area contributed by atoms with Gasteiger partial charge in [0, 0.05) is 18.9 Å². The molecule has 1 rings (SSSR count). The second kappa shape index (κ2) is 6.34. The predicted octanol–water partition coefficient (Wildman–Crippen LogP) is 0.989. The Bertz CT molecular complexity index is 248. The van der Waals surface area contributed by atoms with Crippen LogP contribution in [-0.2, 0) is 11.3 Å². The molecule has 0 fully saturated rings. The minimum Gasteiger partial charge on any atom is -0.475 e. The molecule has 0 aromatic carbocycles. The Morgan fingerprint density at radius 2 is 2.21 bits per heavy atom. The number of rotatable bonds is 6. The van der Waals surface area contributed by atoms with Crippen LogP contribution in [-0.4, -0.2) is 29.9 Å². The van der Waals surface area contributed by atoms with E-state index in [9.17, 15) is 0 Å². The lowest BCUT2D eigenvalue weighted by Gasteiger charge is -2.05. The molecular weight excluding hydrogens is 182 g/mol. The van der Waals surface area contributed by atoms with Crippen molar-refractivity contribution in [2.75, 3.05) is 19.8 Å². The minimum atomic E-state index is 0.00618. The van der Waals surface area contributed by atoms with Crippen molar-refractivity contribution in [1.82, 2.24) is 4.98 Å². The molecule has 0 aliphatic rings. The van der Waals surface area contributed by atoms with Crippen LogP contribution in [0.15, 0.2) is 18.3 Å². The number of pyridine rings is 1. The summed E-state index contributed by atoms with van der Waals surface area (Å²) in [5, 5.41) is 8.77. The van der Waals surface area contributed by atoms with Crippen molar-refractivity contribution in [3.05, 3.63) is 23.9 Å². The summed E-state index contributed by atoms with van der Waals surface area (Å²) in [6.07, 6.45) is 1.59. The second-order valence-electron chi connectivity index (χ2n) is 2.71. The number of hydrogen-bond donors (Lipinski definition) is 1. The molecule has 0 bridgehead atoms. The lowest BCUT2D eigenvalue weighted by molar-refractivity contribution is 0.108. The van der Waals surface area contributed by atoms with Crippen molar-refractivity contribution >= 4 is 0 Å². The molecule has 0 aliphatic heterocycles. The van der Waals surface area contributed by atoms with Crippen molar-refractivity contribution in [3.8, 4) is 5.88 Å². The molecule has 0 radical (unpaired) electrons. The zero-order valence-corrected chi connectivity index (χ0v) is 8.27. The topological polar surface area (TPSA) is 51.6 Å². The van der Waals surface area contributed by atoms with E-state index in [-0.39, 0.29) is 6.61 Å². The van der Waals surface area contributed by atoms with Gasteiger partial charge in [-0.05, 0) is 18.6 Å². The molecule has 78 valence electrons. The standard InChI is InChI=1S/C10H15NO3/c1-2-13-5-6-14-10-4-3-9(8-12)7-11-10/h3-4,7,12H,2,5-6,8H2,1H3. The Morgan fingerprint density at radius 1 is 1.36 bits per heavy atom. The van der Waals surface area contributed by atoms with Gasteiger partial charge in [0.15, 0.2) is 0 Å². The Balaban J connectivity index is 2.29. The molecule has 4 heteroatoms. The van der Waals surface area contributed by atoms with Gasteiger partial charge in [-0.15, -0.1) is 0 Å². The highest BCUT2D eigenvalue weighted by Crippen LogP contribution is 2.06. The molecule has 1 aromatic heterocycles. The van der Waals surface area contributed by atoms with Gasteiger partial charge < -0.3 is 14.6 Å². The van der Waals surface area contributed by atoms with E-state index in [4.69, 9.17) is 14.6 Å². The Morgan fingerprint density at radius 3 is 2.79 bits per heavy atom. The summed E-state index contributed by atoms with van der Waals surface area (Å²) in [5.41, 5.74) is 0.780. The number of aliphatic hydroxyl groups excluding tert-OH is 1. The van der Waals surface area contributed by atoms with Crippen LogP contribution in [0.2, 0.25) is 0 Å². The Hall–Kier alpha value is -1.13. The van der Waals surface area contributed by atoms with Gasteiger partial charge in [-0.2, -0.15) is 0 Å². The molecule has 0 amide bonds. The maximum absolute atomic E-state index is 8.77. The number of nitrogens with zero attached hydrogens (tertiary/aromatic N) is 1. The first-order valence-electron chi connectivity index (χ1n) is 4.63. The van der Waals surface area contributed by atoms with Gasteiger partial charge in [-0.25, -0.2) is 4.98 Å². The van der Waals surface area contributed by atoms with E-state index in [1.807, 2.05) is 6.92 Å². The summed E-state index contributed by atoms with van der Waals surface area (Å²) in [5.74, 6) is 0.557. The second-order valence-corrected chi connectivity index (χ2v) is 2.71. The highest BCUT2D eigenvalue weighted by molar-refractivity contribution is 5.16. The molecule has 4 nitrogen and oxygen atoms in total. The first-order chi connectivity index (χ1) is 6.86. The van der Waals surface area contributed by atoms with Gasteiger partial charge >= 0.3 is 0 Å². The summed E-state index contributed by atoms with van der Waals surface area (Å²) in [6.45, 7) is 3.71. The maximum Gasteiger partial charge on any atom is 0.213 e. The van der Waals surface area contributed by atoms with Crippen molar-refractivity contribution in [2.24, 2.45) is 0 Å². The third kappa shape index (κ3) is 3.72.